The molecule has 0 saturated heterocycles. The number of nitrogens with one attached hydrogen (secondary N) is 1. The van der Waals surface area contributed by atoms with Gasteiger partial charge in [0.1, 0.15) is 12.6 Å². The van der Waals surface area contributed by atoms with Crippen LogP contribution < -0.4 is 9.62 Å². The fourth-order valence-electron chi connectivity index (χ4n) is 4.06. The molecule has 0 aliphatic heterocycles. The molecule has 0 radical (unpaired) electrons. The molecule has 2 amide bonds. The zero-order valence-corrected chi connectivity index (χ0v) is 24.1. The zero-order valence-electron chi connectivity index (χ0n) is 23.3. The van der Waals surface area contributed by atoms with Gasteiger partial charge in [-0.25, -0.2) is 8.42 Å². The van der Waals surface area contributed by atoms with E-state index in [1.165, 1.54) is 4.90 Å². The van der Waals surface area contributed by atoms with Crippen molar-refractivity contribution in [1.29, 1.82) is 0 Å². The number of benzene rings is 2. The second kappa shape index (κ2) is 13.1. The summed E-state index contributed by atoms with van der Waals surface area (Å²) in [6.45, 7) is 12.6. The Morgan fingerprint density at radius 3 is 2.05 bits per heavy atom. The molecule has 0 fully saturated rings. The normalized spacial score (nSPS) is 12.8. The number of rotatable bonds is 12. The first-order valence-electron chi connectivity index (χ1n) is 12.9. The minimum Gasteiger partial charge on any atom is -0.354 e. The summed E-state index contributed by atoms with van der Waals surface area (Å²) in [5, 5.41) is 2.94. The molecule has 0 aliphatic rings. The summed E-state index contributed by atoms with van der Waals surface area (Å²) >= 11 is 0. The van der Waals surface area contributed by atoms with Crippen molar-refractivity contribution in [2.45, 2.75) is 65.8 Å². The van der Waals surface area contributed by atoms with Crippen LogP contribution in [-0.4, -0.2) is 57.1 Å². The van der Waals surface area contributed by atoms with E-state index in [0.717, 1.165) is 21.7 Å². The van der Waals surface area contributed by atoms with Gasteiger partial charge in [-0.1, -0.05) is 84.0 Å². The average molecular weight is 530 g/mol. The molecular weight excluding hydrogens is 486 g/mol. The van der Waals surface area contributed by atoms with Crippen molar-refractivity contribution in [1.82, 2.24) is 10.2 Å². The number of carbonyl (C=O) groups is 2. The van der Waals surface area contributed by atoms with Crippen molar-refractivity contribution in [3.63, 3.8) is 0 Å². The Morgan fingerprint density at radius 2 is 1.57 bits per heavy atom. The van der Waals surface area contributed by atoms with Gasteiger partial charge in [0.2, 0.25) is 21.8 Å². The summed E-state index contributed by atoms with van der Waals surface area (Å²) in [4.78, 5) is 28.3. The Labute approximate surface area is 223 Å². The molecule has 1 atom stereocenters. The SMILES string of the molecule is CC[C@@H](C(=O)NCC(C)C)N(CCc1ccccc1)C(=O)CN(c1ccc(C(C)(C)C)cc1)S(C)(=O)=O. The lowest BCUT2D eigenvalue weighted by Gasteiger charge is -2.33. The van der Waals surface area contributed by atoms with E-state index < -0.39 is 22.0 Å². The van der Waals surface area contributed by atoms with Crippen LogP contribution in [0.15, 0.2) is 54.6 Å². The molecule has 0 saturated carbocycles. The first-order valence-corrected chi connectivity index (χ1v) is 14.8. The van der Waals surface area contributed by atoms with Gasteiger partial charge in [-0.2, -0.15) is 0 Å². The molecule has 0 bridgehead atoms. The number of sulfonamides is 1. The summed E-state index contributed by atoms with van der Waals surface area (Å²) in [6.07, 6.45) is 2.07. The Hall–Kier alpha value is -2.87. The minimum absolute atomic E-state index is 0.0871. The van der Waals surface area contributed by atoms with Crippen LogP contribution in [0.25, 0.3) is 0 Å². The molecule has 8 heteroatoms. The number of nitrogens with zero attached hydrogens (tertiary/aromatic N) is 2. The lowest BCUT2D eigenvalue weighted by atomic mass is 9.87. The summed E-state index contributed by atoms with van der Waals surface area (Å²) < 4.78 is 26.7. The first kappa shape index (κ1) is 30.4. The molecule has 0 spiro atoms. The van der Waals surface area contributed by atoms with Gasteiger partial charge in [0.15, 0.2) is 0 Å². The molecule has 0 heterocycles. The highest BCUT2D eigenvalue weighted by atomic mass is 32.2. The maximum absolute atomic E-state index is 13.7. The van der Waals surface area contributed by atoms with E-state index in [1.807, 2.05) is 63.2 Å². The van der Waals surface area contributed by atoms with Crippen molar-refractivity contribution >= 4 is 27.5 Å². The summed E-state index contributed by atoms with van der Waals surface area (Å²) in [7, 11) is -3.75. The molecule has 37 heavy (non-hydrogen) atoms. The Balaban J connectivity index is 2.36. The van der Waals surface area contributed by atoms with E-state index >= 15 is 0 Å². The lowest BCUT2D eigenvalue weighted by molar-refractivity contribution is -0.139. The molecule has 1 N–H and O–H groups in total. The fraction of sp³-hybridized carbons (Fsp3) is 0.517. The third kappa shape index (κ3) is 9.18. The largest absolute Gasteiger partial charge is 0.354 e. The van der Waals surface area contributed by atoms with Crippen molar-refractivity contribution in [2.75, 3.05) is 30.2 Å². The van der Waals surface area contributed by atoms with Gasteiger partial charge < -0.3 is 10.2 Å². The fourth-order valence-corrected chi connectivity index (χ4v) is 4.91. The van der Waals surface area contributed by atoms with Crippen LogP contribution in [0.3, 0.4) is 0 Å². The smallest absolute Gasteiger partial charge is 0.244 e. The molecule has 2 aromatic carbocycles. The predicted octanol–water partition coefficient (Wildman–Crippen LogP) is 4.37. The zero-order chi connectivity index (χ0) is 27.8. The molecule has 204 valence electrons. The number of amides is 2. The van der Waals surface area contributed by atoms with Crippen molar-refractivity contribution in [3.05, 3.63) is 65.7 Å². The van der Waals surface area contributed by atoms with Gasteiger partial charge >= 0.3 is 0 Å². The van der Waals surface area contributed by atoms with Crippen LogP contribution in [0.5, 0.6) is 0 Å². The van der Waals surface area contributed by atoms with E-state index in [4.69, 9.17) is 0 Å². The lowest BCUT2D eigenvalue weighted by Crippen LogP contribution is -2.53. The third-order valence-corrected chi connectivity index (χ3v) is 7.40. The maximum atomic E-state index is 13.7. The van der Waals surface area contributed by atoms with Gasteiger partial charge in [0, 0.05) is 13.1 Å². The highest BCUT2D eigenvalue weighted by molar-refractivity contribution is 7.92. The Kier molecular flexibility index (Phi) is 10.7. The van der Waals surface area contributed by atoms with E-state index in [2.05, 4.69) is 26.1 Å². The van der Waals surface area contributed by atoms with Gasteiger partial charge in [-0.05, 0) is 47.4 Å². The average Bonchev–Trinajstić information content (AvgIpc) is 2.83. The van der Waals surface area contributed by atoms with Crippen LogP contribution in [0.4, 0.5) is 5.69 Å². The maximum Gasteiger partial charge on any atom is 0.244 e. The Morgan fingerprint density at radius 1 is 0.973 bits per heavy atom. The van der Waals surface area contributed by atoms with Crippen LogP contribution in [0.1, 0.15) is 59.1 Å². The highest BCUT2D eigenvalue weighted by Crippen LogP contribution is 2.26. The molecule has 7 nitrogen and oxygen atoms in total. The topological polar surface area (TPSA) is 86.8 Å². The second-order valence-electron chi connectivity index (χ2n) is 11.0. The minimum atomic E-state index is -3.75. The van der Waals surface area contributed by atoms with Crippen molar-refractivity contribution < 1.29 is 18.0 Å². The van der Waals surface area contributed by atoms with Gasteiger partial charge in [0.05, 0.1) is 11.9 Å². The molecule has 0 aliphatic carbocycles. The molecule has 0 unspecified atom stereocenters. The molecular formula is C29H43N3O4S. The standard InChI is InChI=1S/C29H43N3O4S/c1-8-26(28(34)30-20-22(2)3)31(19-18-23-12-10-9-11-13-23)27(33)21-32(37(7,35)36)25-16-14-24(15-17-25)29(4,5)6/h9-17,22,26H,8,18-21H2,1-7H3,(H,30,34)/t26-/m0/s1. The summed E-state index contributed by atoms with van der Waals surface area (Å²) in [5.41, 5.74) is 2.43. The van der Waals surface area contributed by atoms with E-state index in [1.54, 1.807) is 12.1 Å². The molecule has 2 rings (SSSR count). The number of anilines is 1. The number of carbonyl (C=O) groups excluding carboxylic acids is 2. The van der Waals surface area contributed by atoms with Crippen LogP contribution >= 0.6 is 0 Å². The summed E-state index contributed by atoms with van der Waals surface area (Å²) in [6, 6.07) is 16.3. The van der Waals surface area contributed by atoms with Crippen molar-refractivity contribution in [3.8, 4) is 0 Å². The highest BCUT2D eigenvalue weighted by Gasteiger charge is 2.31. The number of hydrogen-bond donors (Lipinski definition) is 1. The Bertz CT molecular complexity index is 1120. The van der Waals surface area contributed by atoms with Crippen LogP contribution in [0.2, 0.25) is 0 Å². The van der Waals surface area contributed by atoms with Crippen LogP contribution in [0, 0.1) is 5.92 Å². The van der Waals surface area contributed by atoms with Gasteiger partial charge in [-0.15, -0.1) is 0 Å². The molecule has 2 aromatic rings. The van der Waals surface area contributed by atoms with E-state index in [0.29, 0.717) is 31.6 Å². The molecule has 0 aromatic heterocycles. The third-order valence-electron chi connectivity index (χ3n) is 6.26. The monoisotopic (exact) mass is 529 g/mol. The van der Waals surface area contributed by atoms with Gasteiger partial charge in [0.25, 0.3) is 0 Å². The predicted molar refractivity (Wildman–Crippen MR) is 151 cm³/mol. The van der Waals surface area contributed by atoms with Crippen LogP contribution in [-0.2, 0) is 31.4 Å². The quantitative estimate of drug-likeness (QED) is 0.442. The van der Waals surface area contributed by atoms with E-state index in [-0.39, 0.29) is 23.8 Å². The van der Waals surface area contributed by atoms with Gasteiger partial charge in [-0.3, -0.25) is 13.9 Å². The first-order chi connectivity index (χ1) is 17.2. The second-order valence-corrected chi connectivity index (χ2v) is 12.9. The van der Waals surface area contributed by atoms with Crippen molar-refractivity contribution in [2.24, 2.45) is 5.92 Å². The number of hydrogen-bond acceptors (Lipinski definition) is 4. The summed E-state index contributed by atoms with van der Waals surface area (Å²) in [5.74, 6) is -0.363. The van der Waals surface area contributed by atoms with E-state index in [9.17, 15) is 18.0 Å².